The van der Waals surface area contributed by atoms with Gasteiger partial charge in [0.05, 0.1) is 6.04 Å². The minimum atomic E-state index is -5.00. The molecule has 6 nitrogen and oxygen atoms in total. The average Bonchev–Trinajstić information content (AvgIpc) is 2.82. The van der Waals surface area contributed by atoms with Crippen LogP contribution in [0, 0.1) is 12.3 Å². The monoisotopic (exact) mass is 290 g/mol. The minimum absolute atomic E-state index is 0.0406. The van der Waals surface area contributed by atoms with Gasteiger partial charge in [0.25, 0.3) is 0 Å². The molecule has 0 bridgehead atoms. The van der Waals surface area contributed by atoms with Gasteiger partial charge in [0.15, 0.2) is 0 Å². The quantitative estimate of drug-likeness (QED) is 0.795. The van der Waals surface area contributed by atoms with Crippen LogP contribution in [0.1, 0.15) is 43.6 Å². The van der Waals surface area contributed by atoms with E-state index in [2.05, 4.69) is 16.1 Å². The Morgan fingerprint density at radius 3 is 2.55 bits per heavy atom. The number of carbonyl (C=O) groups is 1. The predicted octanol–water partition coefficient (Wildman–Crippen LogP) is 1.22. The molecule has 0 spiro atoms. The molecule has 0 aliphatic heterocycles. The molecule has 0 radical (unpaired) electrons. The lowest BCUT2D eigenvalue weighted by Gasteiger charge is -2.15. The number of hydrogen-bond acceptors (Lipinski definition) is 5. The molecule has 20 heavy (non-hydrogen) atoms. The Kier molecular flexibility index (Phi) is 5.10. The van der Waals surface area contributed by atoms with Crippen molar-refractivity contribution in [3.05, 3.63) is 11.8 Å². The van der Waals surface area contributed by atoms with Crippen molar-refractivity contribution < 1.29 is 22.4 Å². The Morgan fingerprint density at radius 2 is 2.10 bits per heavy atom. The molecule has 1 heterocycles. The molecule has 1 aromatic heterocycles. The number of terminal acetylenes is 1. The molecular weight excluding hydrogens is 277 g/mol. The summed E-state index contributed by atoms with van der Waals surface area (Å²) in [5.41, 5.74) is 5.50. The number of halogens is 3. The number of hydrogen-bond donors (Lipinski definition) is 2. The Labute approximate surface area is 112 Å². The number of nitrogens with one attached hydrogen (secondary N) is 1. The van der Waals surface area contributed by atoms with E-state index in [0.29, 0.717) is 0 Å². The van der Waals surface area contributed by atoms with E-state index in [-0.39, 0.29) is 24.6 Å². The summed E-state index contributed by atoms with van der Waals surface area (Å²) < 4.78 is 41.8. The van der Waals surface area contributed by atoms with Crippen LogP contribution in [-0.4, -0.2) is 22.3 Å². The number of rotatable bonds is 5. The maximum Gasteiger partial charge on any atom is 0.471 e. The SMILES string of the molecule is C#CCCC(NC(=O)C(F)(F)F)c1nnc(C(C)N)o1. The smallest absolute Gasteiger partial charge is 0.421 e. The van der Waals surface area contributed by atoms with E-state index in [9.17, 15) is 18.0 Å². The summed E-state index contributed by atoms with van der Waals surface area (Å²) in [5, 5.41) is 8.93. The Morgan fingerprint density at radius 1 is 1.50 bits per heavy atom. The van der Waals surface area contributed by atoms with Gasteiger partial charge in [0, 0.05) is 6.42 Å². The second-order valence-corrected chi connectivity index (χ2v) is 4.03. The first kappa shape index (κ1) is 16.0. The number of amides is 1. The van der Waals surface area contributed by atoms with Gasteiger partial charge in [-0.2, -0.15) is 13.2 Å². The van der Waals surface area contributed by atoms with Gasteiger partial charge < -0.3 is 15.5 Å². The standard InChI is InChI=1S/C11H13F3N4O2/c1-3-4-5-7(16-10(19)11(12,13)14)9-18-17-8(20-9)6(2)15/h1,6-7H,4-5,15H2,2H3,(H,16,19). The molecule has 2 unspecified atom stereocenters. The van der Waals surface area contributed by atoms with E-state index in [1.807, 2.05) is 0 Å². The normalized spacial score (nSPS) is 14.4. The number of nitrogens with zero attached hydrogens (tertiary/aromatic N) is 2. The highest BCUT2D eigenvalue weighted by atomic mass is 19.4. The van der Waals surface area contributed by atoms with Crippen LogP contribution in [-0.2, 0) is 4.79 Å². The first-order chi connectivity index (χ1) is 9.25. The van der Waals surface area contributed by atoms with Crippen LogP contribution in [0.15, 0.2) is 4.42 Å². The molecule has 9 heteroatoms. The van der Waals surface area contributed by atoms with Gasteiger partial charge >= 0.3 is 12.1 Å². The third-order valence-electron chi connectivity index (χ3n) is 2.28. The summed E-state index contributed by atoms with van der Waals surface area (Å²) in [6.45, 7) is 1.57. The van der Waals surface area contributed by atoms with E-state index < -0.39 is 24.2 Å². The van der Waals surface area contributed by atoms with E-state index in [0.717, 1.165) is 0 Å². The van der Waals surface area contributed by atoms with Gasteiger partial charge in [-0.1, -0.05) is 0 Å². The number of carbonyl (C=O) groups excluding carboxylic acids is 1. The van der Waals surface area contributed by atoms with E-state index in [1.54, 1.807) is 12.2 Å². The lowest BCUT2D eigenvalue weighted by atomic mass is 10.1. The van der Waals surface area contributed by atoms with E-state index in [1.165, 1.54) is 0 Å². The Balaban J connectivity index is 2.88. The maximum atomic E-state index is 12.2. The Bertz CT molecular complexity index is 505. The van der Waals surface area contributed by atoms with Crippen molar-refractivity contribution in [3.63, 3.8) is 0 Å². The van der Waals surface area contributed by atoms with Crippen LogP contribution in [0.5, 0.6) is 0 Å². The number of nitrogens with two attached hydrogens (primary N) is 1. The lowest BCUT2D eigenvalue weighted by Crippen LogP contribution is -2.39. The van der Waals surface area contributed by atoms with Gasteiger partial charge in [-0.15, -0.1) is 22.5 Å². The molecule has 0 saturated carbocycles. The van der Waals surface area contributed by atoms with Gasteiger partial charge in [0.1, 0.15) is 6.04 Å². The summed E-state index contributed by atoms with van der Waals surface area (Å²) in [6, 6.07) is -1.68. The maximum absolute atomic E-state index is 12.2. The summed E-state index contributed by atoms with van der Waals surface area (Å²) in [7, 11) is 0. The Hall–Kier alpha value is -2.08. The molecule has 110 valence electrons. The van der Waals surface area contributed by atoms with Crippen LogP contribution in [0.4, 0.5) is 13.2 Å². The summed E-state index contributed by atoms with van der Waals surface area (Å²) in [6.07, 6.45) is 0.230. The second kappa shape index (κ2) is 6.38. The zero-order chi connectivity index (χ0) is 15.3. The molecule has 0 aromatic carbocycles. The average molecular weight is 290 g/mol. The van der Waals surface area contributed by atoms with Crippen molar-refractivity contribution in [2.45, 2.75) is 38.0 Å². The molecule has 1 amide bonds. The van der Waals surface area contributed by atoms with E-state index in [4.69, 9.17) is 16.6 Å². The number of aromatic nitrogens is 2. The first-order valence-electron chi connectivity index (χ1n) is 5.65. The third kappa shape index (κ3) is 4.24. The van der Waals surface area contributed by atoms with Crippen LogP contribution < -0.4 is 11.1 Å². The molecule has 0 saturated heterocycles. The number of alkyl halides is 3. The molecule has 3 N–H and O–H groups in total. The predicted molar refractivity (Wildman–Crippen MR) is 61.9 cm³/mol. The molecule has 0 aliphatic rings. The van der Waals surface area contributed by atoms with Gasteiger partial charge in [0.2, 0.25) is 11.8 Å². The molecule has 0 fully saturated rings. The van der Waals surface area contributed by atoms with Crippen molar-refractivity contribution >= 4 is 5.91 Å². The highest BCUT2D eigenvalue weighted by Crippen LogP contribution is 2.22. The van der Waals surface area contributed by atoms with Crippen molar-refractivity contribution in [1.29, 1.82) is 0 Å². The lowest BCUT2D eigenvalue weighted by molar-refractivity contribution is -0.174. The van der Waals surface area contributed by atoms with Crippen LogP contribution >= 0.6 is 0 Å². The van der Waals surface area contributed by atoms with Gasteiger partial charge in [-0.05, 0) is 13.3 Å². The second-order valence-electron chi connectivity index (χ2n) is 4.03. The molecule has 1 rings (SSSR count). The largest absolute Gasteiger partial charge is 0.471 e. The van der Waals surface area contributed by atoms with Crippen LogP contribution in [0.2, 0.25) is 0 Å². The highest BCUT2D eigenvalue weighted by Gasteiger charge is 2.40. The van der Waals surface area contributed by atoms with Crippen molar-refractivity contribution in [2.75, 3.05) is 0 Å². The van der Waals surface area contributed by atoms with Crippen molar-refractivity contribution in [2.24, 2.45) is 5.73 Å². The van der Waals surface area contributed by atoms with Crippen LogP contribution in [0.3, 0.4) is 0 Å². The van der Waals surface area contributed by atoms with Crippen molar-refractivity contribution in [3.8, 4) is 12.3 Å². The zero-order valence-electron chi connectivity index (χ0n) is 10.6. The molecular formula is C11H13F3N4O2. The zero-order valence-corrected chi connectivity index (χ0v) is 10.6. The third-order valence-corrected chi connectivity index (χ3v) is 2.28. The van der Waals surface area contributed by atoms with Crippen molar-refractivity contribution in [1.82, 2.24) is 15.5 Å². The fraction of sp³-hybridized carbons (Fsp3) is 0.545. The molecule has 2 atom stereocenters. The summed E-state index contributed by atoms with van der Waals surface area (Å²) >= 11 is 0. The van der Waals surface area contributed by atoms with Gasteiger partial charge in [-0.25, -0.2) is 0 Å². The topological polar surface area (TPSA) is 94.0 Å². The summed E-state index contributed by atoms with van der Waals surface area (Å²) in [4.78, 5) is 10.9. The van der Waals surface area contributed by atoms with Gasteiger partial charge in [-0.3, -0.25) is 4.79 Å². The van der Waals surface area contributed by atoms with E-state index >= 15 is 0 Å². The minimum Gasteiger partial charge on any atom is -0.421 e. The fourth-order valence-corrected chi connectivity index (χ4v) is 1.30. The molecule has 1 aromatic rings. The highest BCUT2D eigenvalue weighted by molar-refractivity contribution is 5.81. The summed E-state index contributed by atoms with van der Waals surface area (Å²) in [5.74, 6) is 0.0653. The fourth-order valence-electron chi connectivity index (χ4n) is 1.30. The first-order valence-corrected chi connectivity index (χ1v) is 5.65. The molecule has 0 aliphatic carbocycles. The van der Waals surface area contributed by atoms with Crippen LogP contribution in [0.25, 0.3) is 0 Å².